The molecule has 2 fully saturated rings. The summed E-state index contributed by atoms with van der Waals surface area (Å²) in [6, 6.07) is 16.1. The Morgan fingerprint density at radius 1 is 1.07 bits per heavy atom. The molecule has 2 aliphatic heterocycles. The van der Waals surface area contributed by atoms with E-state index in [2.05, 4.69) is 17.0 Å². The number of benzene rings is 2. The molecular weight excluding hydrogens is 376 g/mol. The lowest BCUT2D eigenvalue weighted by molar-refractivity contribution is -0.113. The second kappa shape index (κ2) is 7.84. The molecule has 6 heteroatoms. The highest BCUT2D eigenvalue weighted by Crippen LogP contribution is 2.37. The van der Waals surface area contributed by atoms with Crippen LogP contribution in [-0.4, -0.2) is 36.5 Å². The number of hydrogen-bond acceptors (Lipinski definition) is 5. The van der Waals surface area contributed by atoms with E-state index in [0.29, 0.717) is 9.23 Å². The molecule has 0 unspecified atom stereocenters. The van der Waals surface area contributed by atoms with Gasteiger partial charge >= 0.3 is 0 Å². The number of nitrogens with zero attached hydrogens (tertiary/aromatic N) is 2. The standard InChI is InChI=1S/C21H20N2O2S2/c1-15-4-2-3-5-18(15)23-20(24)19(27-21(23)26)14-16-6-8-17(9-7-16)22-10-12-25-13-11-22/h2-9,14H,10-13H2,1H3/b19-14+. The first kappa shape index (κ1) is 18.2. The highest BCUT2D eigenvalue weighted by Gasteiger charge is 2.33. The molecule has 4 nitrogen and oxygen atoms in total. The molecule has 0 bridgehead atoms. The van der Waals surface area contributed by atoms with Crippen LogP contribution in [0.25, 0.3) is 6.08 Å². The summed E-state index contributed by atoms with van der Waals surface area (Å²) in [4.78, 5) is 17.5. The minimum atomic E-state index is -0.0587. The predicted octanol–water partition coefficient (Wildman–Crippen LogP) is 4.24. The van der Waals surface area contributed by atoms with Crippen molar-refractivity contribution in [2.45, 2.75) is 6.92 Å². The number of amides is 1. The van der Waals surface area contributed by atoms with E-state index in [1.807, 2.05) is 49.4 Å². The van der Waals surface area contributed by atoms with Crippen LogP contribution in [0.15, 0.2) is 53.4 Å². The summed E-state index contributed by atoms with van der Waals surface area (Å²) in [6.07, 6.45) is 1.92. The first-order chi connectivity index (χ1) is 13.1. The highest BCUT2D eigenvalue weighted by molar-refractivity contribution is 8.27. The van der Waals surface area contributed by atoms with Crippen molar-refractivity contribution >= 4 is 51.7 Å². The molecule has 2 aromatic carbocycles. The number of anilines is 2. The van der Waals surface area contributed by atoms with Crippen molar-refractivity contribution < 1.29 is 9.53 Å². The lowest BCUT2D eigenvalue weighted by Crippen LogP contribution is -2.36. The Bertz CT molecular complexity index is 903. The zero-order valence-electron chi connectivity index (χ0n) is 15.1. The summed E-state index contributed by atoms with van der Waals surface area (Å²) >= 11 is 6.82. The van der Waals surface area contributed by atoms with Gasteiger partial charge in [0.15, 0.2) is 4.32 Å². The molecule has 2 heterocycles. The maximum absolute atomic E-state index is 12.9. The molecule has 0 spiro atoms. The van der Waals surface area contributed by atoms with Crippen molar-refractivity contribution in [1.82, 2.24) is 0 Å². The monoisotopic (exact) mass is 396 g/mol. The van der Waals surface area contributed by atoms with Gasteiger partial charge in [0.1, 0.15) is 0 Å². The molecule has 0 aromatic heterocycles. The van der Waals surface area contributed by atoms with E-state index in [-0.39, 0.29) is 5.91 Å². The maximum atomic E-state index is 12.9. The van der Waals surface area contributed by atoms with Gasteiger partial charge < -0.3 is 9.64 Å². The molecule has 2 saturated heterocycles. The zero-order valence-corrected chi connectivity index (χ0v) is 16.7. The highest BCUT2D eigenvalue weighted by atomic mass is 32.2. The summed E-state index contributed by atoms with van der Waals surface area (Å²) in [6.45, 7) is 5.34. The quantitative estimate of drug-likeness (QED) is 0.573. The van der Waals surface area contributed by atoms with Crippen LogP contribution in [-0.2, 0) is 9.53 Å². The van der Waals surface area contributed by atoms with Gasteiger partial charge in [0.2, 0.25) is 0 Å². The Balaban J connectivity index is 1.55. The molecule has 4 rings (SSSR count). The molecule has 2 aliphatic rings. The predicted molar refractivity (Wildman–Crippen MR) is 116 cm³/mol. The van der Waals surface area contributed by atoms with E-state index in [9.17, 15) is 4.79 Å². The second-order valence-corrected chi connectivity index (χ2v) is 8.17. The summed E-state index contributed by atoms with van der Waals surface area (Å²) in [5.41, 5.74) is 4.07. The Kier molecular flexibility index (Phi) is 5.29. The third-order valence-electron chi connectivity index (χ3n) is 4.72. The average molecular weight is 397 g/mol. The van der Waals surface area contributed by atoms with E-state index in [0.717, 1.165) is 43.1 Å². The molecule has 2 aromatic rings. The van der Waals surface area contributed by atoms with E-state index in [1.54, 1.807) is 4.90 Å². The average Bonchev–Trinajstić information content (AvgIpc) is 2.97. The fraction of sp³-hybridized carbons (Fsp3) is 0.238. The van der Waals surface area contributed by atoms with Crippen LogP contribution < -0.4 is 9.80 Å². The first-order valence-corrected chi connectivity index (χ1v) is 10.1. The third kappa shape index (κ3) is 3.78. The van der Waals surface area contributed by atoms with Gasteiger partial charge in [0.05, 0.1) is 23.8 Å². The maximum Gasteiger partial charge on any atom is 0.270 e. The summed E-state index contributed by atoms with van der Waals surface area (Å²) < 4.78 is 5.98. The number of carbonyl (C=O) groups excluding carboxylic acids is 1. The Labute approximate surface area is 168 Å². The molecule has 1 amide bonds. The fourth-order valence-electron chi connectivity index (χ4n) is 3.24. The van der Waals surface area contributed by atoms with E-state index in [1.165, 1.54) is 17.4 Å². The van der Waals surface area contributed by atoms with Crippen LogP contribution in [0.3, 0.4) is 0 Å². The normalized spacial score (nSPS) is 19.2. The van der Waals surface area contributed by atoms with E-state index >= 15 is 0 Å². The number of thiocarbonyl (C=S) groups is 1. The van der Waals surface area contributed by atoms with Crippen LogP contribution in [0.4, 0.5) is 11.4 Å². The molecule has 27 heavy (non-hydrogen) atoms. The summed E-state index contributed by atoms with van der Waals surface area (Å²) in [5, 5.41) is 0. The lowest BCUT2D eigenvalue weighted by Gasteiger charge is -2.28. The number of carbonyl (C=O) groups is 1. The Morgan fingerprint density at radius 3 is 2.48 bits per heavy atom. The van der Waals surface area contributed by atoms with Gasteiger partial charge in [-0.2, -0.15) is 0 Å². The molecular formula is C21H20N2O2S2. The van der Waals surface area contributed by atoms with Crippen LogP contribution in [0.1, 0.15) is 11.1 Å². The van der Waals surface area contributed by atoms with Gasteiger partial charge in [-0.05, 0) is 42.3 Å². The van der Waals surface area contributed by atoms with Crippen molar-refractivity contribution in [2.24, 2.45) is 0 Å². The van der Waals surface area contributed by atoms with Gasteiger partial charge in [-0.25, -0.2) is 0 Å². The summed E-state index contributed by atoms with van der Waals surface area (Å²) in [5.74, 6) is -0.0587. The molecule has 0 radical (unpaired) electrons. The van der Waals surface area contributed by atoms with Gasteiger partial charge in [-0.1, -0.05) is 54.3 Å². The zero-order chi connectivity index (χ0) is 18.8. The number of para-hydroxylation sites is 1. The minimum absolute atomic E-state index is 0.0587. The van der Waals surface area contributed by atoms with Gasteiger partial charge in [-0.3, -0.25) is 9.69 Å². The van der Waals surface area contributed by atoms with Crippen LogP contribution in [0.5, 0.6) is 0 Å². The van der Waals surface area contributed by atoms with Gasteiger partial charge in [0.25, 0.3) is 5.91 Å². The Hall–Kier alpha value is -2.15. The van der Waals surface area contributed by atoms with Crippen LogP contribution in [0, 0.1) is 6.92 Å². The fourth-order valence-corrected chi connectivity index (χ4v) is 4.53. The number of aryl methyl sites for hydroxylation is 1. The smallest absolute Gasteiger partial charge is 0.270 e. The molecule has 0 aliphatic carbocycles. The summed E-state index contributed by atoms with van der Waals surface area (Å²) in [7, 11) is 0. The van der Waals surface area contributed by atoms with E-state index in [4.69, 9.17) is 17.0 Å². The van der Waals surface area contributed by atoms with Gasteiger partial charge in [0, 0.05) is 18.8 Å². The largest absolute Gasteiger partial charge is 0.378 e. The molecule has 0 N–H and O–H groups in total. The van der Waals surface area contributed by atoms with Crippen molar-refractivity contribution in [2.75, 3.05) is 36.1 Å². The Morgan fingerprint density at radius 2 is 1.78 bits per heavy atom. The molecule has 0 saturated carbocycles. The SMILES string of the molecule is Cc1ccccc1N1C(=O)/C(=C\c2ccc(N3CCOCC3)cc2)SC1=S. The third-order valence-corrected chi connectivity index (χ3v) is 6.02. The number of thioether (sulfide) groups is 1. The van der Waals surface area contributed by atoms with Crippen molar-refractivity contribution in [1.29, 1.82) is 0 Å². The number of hydrogen-bond donors (Lipinski definition) is 0. The van der Waals surface area contributed by atoms with Crippen molar-refractivity contribution in [3.63, 3.8) is 0 Å². The van der Waals surface area contributed by atoms with Crippen LogP contribution >= 0.6 is 24.0 Å². The molecule has 0 atom stereocenters. The van der Waals surface area contributed by atoms with Crippen LogP contribution in [0.2, 0.25) is 0 Å². The first-order valence-electron chi connectivity index (χ1n) is 8.90. The number of rotatable bonds is 3. The van der Waals surface area contributed by atoms with Crippen molar-refractivity contribution in [3.05, 3.63) is 64.6 Å². The van der Waals surface area contributed by atoms with Crippen molar-refractivity contribution in [3.8, 4) is 0 Å². The second-order valence-electron chi connectivity index (χ2n) is 6.49. The topological polar surface area (TPSA) is 32.8 Å². The van der Waals surface area contributed by atoms with Gasteiger partial charge in [-0.15, -0.1) is 0 Å². The number of ether oxygens (including phenoxy) is 1. The number of morpholine rings is 1. The molecule has 138 valence electrons. The minimum Gasteiger partial charge on any atom is -0.378 e. The van der Waals surface area contributed by atoms with E-state index < -0.39 is 0 Å². The lowest BCUT2D eigenvalue weighted by atomic mass is 10.1.